The van der Waals surface area contributed by atoms with Crippen LogP contribution in [-0.2, 0) is 6.54 Å². The Hall–Kier alpha value is -1.08. The molecule has 0 aliphatic carbocycles. The van der Waals surface area contributed by atoms with Gasteiger partial charge in [-0.15, -0.1) is 5.10 Å². The summed E-state index contributed by atoms with van der Waals surface area (Å²) in [4.78, 5) is 10.6. The first-order valence-corrected chi connectivity index (χ1v) is 6.79. The van der Waals surface area contributed by atoms with Crippen LogP contribution in [0.15, 0.2) is 6.20 Å². The standard InChI is InChI=1S/C10H18N4O2S/c1-8(17-2)3-4-11-5-6-14-7-9(10(15)16)12-13-14/h7-8,11H,3-6H2,1-2H3,(H,15,16). The van der Waals surface area contributed by atoms with E-state index >= 15 is 0 Å². The summed E-state index contributed by atoms with van der Waals surface area (Å²) in [5.74, 6) is -1.04. The van der Waals surface area contributed by atoms with E-state index in [1.165, 1.54) is 10.9 Å². The first kappa shape index (κ1) is 14.0. The average Bonchev–Trinajstić information content (AvgIpc) is 2.77. The monoisotopic (exact) mass is 258 g/mol. The quantitative estimate of drug-likeness (QED) is 0.668. The summed E-state index contributed by atoms with van der Waals surface area (Å²) in [6, 6.07) is 0. The van der Waals surface area contributed by atoms with Crippen molar-refractivity contribution in [2.24, 2.45) is 0 Å². The predicted molar refractivity (Wildman–Crippen MR) is 67.4 cm³/mol. The van der Waals surface area contributed by atoms with Crippen molar-refractivity contribution in [3.63, 3.8) is 0 Å². The van der Waals surface area contributed by atoms with Gasteiger partial charge in [0.05, 0.1) is 12.7 Å². The molecule has 96 valence electrons. The van der Waals surface area contributed by atoms with Crippen LogP contribution in [-0.4, -0.2) is 50.7 Å². The maximum absolute atomic E-state index is 10.6. The van der Waals surface area contributed by atoms with Gasteiger partial charge in [-0.1, -0.05) is 12.1 Å². The maximum Gasteiger partial charge on any atom is 0.358 e. The van der Waals surface area contributed by atoms with Gasteiger partial charge in [-0.2, -0.15) is 11.8 Å². The van der Waals surface area contributed by atoms with Crippen LogP contribution in [0.5, 0.6) is 0 Å². The Morgan fingerprint density at radius 3 is 3.00 bits per heavy atom. The van der Waals surface area contributed by atoms with E-state index in [1.54, 1.807) is 0 Å². The van der Waals surface area contributed by atoms with E-state index in [0.717, 1.165) is 19.5 Å². The lowest BCUT2D eigenvalue weighted by atomic mass is 10.3. The largest absolute Gasteiger partial charge is 0.476 e. The van der Waals surface area contributed by atoms with Crippen molar-refractivity contribution < 1.29 is 9.90 Å². The summed E-state index contributed by atoms with van der Waals surface area (Å²) in [6.07, 6.45) is 4.67. The SMILES string of the molecule is CSC(C)CCNCCn1cc(C(=O)O)nn1. The highest BCUT2D eigenvalue weighted by Gasteiger charge is 2.07. The molecule has 1 atom stereocenters. The smallest absolute Gasteiger partial charge is 0.358 e. The third kappa shape index (κ3) is 5.18. The van der Waals surface area contributed by atoms with E-state index in [9.17, 15) is 4.79 Å². The van der Waals surface area contributed by atoms with Gasteiger partial charge in [0.15, 0.2) is 5.69 Å². The fourth-order valence-corrected chi connectivity index (χ4v) is 1.60. The van der Waals surface area contributed by atoms with Crippen LogP contribution in [0, 0.1) is 0 Å². The number of aromatic carboxylic acids is 1. The Balaban J connectivity index is 2.15. The van der Waals surface area contributed by atoms with Crippen LogP contribution in [0.25, 0.3) is 0 Å². The van der Waals surface area contributed by atoms with E-state index in [0.29, 0.717) is 11.8 Å². The zero-order valence-electron chi connectivity index (χ0n) is 10.1. The summed E-state index contributed by atoms with van der Waals surface area (Å²) in [5.41, 5.74) is -0.0130. The summed E-state index contributed by atoms with van der Waals surface area (Å²) >= 11 is 1.85. The minimum Gasteiger partial charge on any atom is -0.476 e. The maximum atomic E-state index is 10.6. The van der Waals surface area contributed by atoms with Crippen molar-refractivity contribution in [2.45, 2.75) is 25.1 Å². The number of carboxylic acid groups (broad SMARTS) is 1. The molecule has 0 saturated carbocycles. The number of carboxylic acids is 1. The number of thioether (sulfide) groups is 1. The molecule has 7 heteroatoms. The Labute approximate surface area is 105 Å². The van der Waals surface area contributed by atoms with Crippen molar-refractivity contribution in [1.29, 1.82) is 0 Å². The van der Waals surface area contributed by atoms with Crippen LogP contribution in [0.3, 0.4) is 0 Å². The number of hydrogen-bond donors (Lipinski definition) is 2. The topological polar surface area (TPSA) is 80.0 Å². The van der Waals surface area contributed by atoms with Gasteiger partial charge >= 0.3 is 5.97 Å². The van der Waals surface area contributed by atoms with Crippen molar-refractivity contribution >= 4 is 17.7 Å². The Kier molecular flexibility index (Phi) is 5.99. The lowest BCUT2D eigenvalue weighted by Crippen LogP contribution is -2.23. The van der Waals surface area contributed by atoms with Gasteiger partial charge in [-0.25, -0.2) is 4.79 Å². The van der Waals surface area contributed by atoms with E-state index in [4.69, 9.17) is 5.11 Å². The summed E-state index contributed by atoms with van der Waals surface area (Å²) in [7, 11) is 0. The molecule has 0 aromatic carbocycles. The highest BCUT2D eigenvalue weighted by Crippen LogP contribution is 2.07. The second-order valence-electron chi connectivity index (χ2n) is 3.76. The summed E-state index contributed by atoms with van der Waals surface area (Å²) in [5, 5.41) is 19.9. The Morgan fingerprint density at radius 2 is 2.41 bits per heavy atom. The van der Waals surface area contributed by atoms with Crippen molar-refractivity contribution in [1.82, 2.24) is 20.3 Å². The second kappa shape index (κ2) is 7.29. The van der Waals surface area contributed by atoms with Gasteiger partial charge in [0.2, 0.25) is 0 Å². The second-order valence-corrected chi connectivity index (χ2v) is 5.03. The van der Waals surface area contributed by atoms with Crippen molar-refractivity contribution in [3.05, 3.63) is 11.9 Å². The van der Waals surface area contributed by atoms with E-state index in [-0.39, 0.29) is 5.69 Å². The molecule has 1 aromatic heterocycles. The van der Waals surface area contributed by atoms with Crippen LogP contribution >= 0.6 is 11.8 Å². The third-order valence-corrected chi connectivity index (χ3v) is 3.45. The average molecular weight is 258 g/mol. The highest BCUT2D eigenvalue weighted by atomic mass is 32.2. The number of nitrogens with zero attached hydrogens (tertiary/aromatic N) is 3. The Morgan fingerprint density at radius 1 is 1.65 bits per heavy atom. The van der Waals surface area contributed by atoms with Crippen LogP contribution in [0.4, 0.5) is 0 Å². The fourth-order valence-electron chi connectivity index (χ4n) is 1.25. The fraction of sp³-hybridized carbons (Fsp3) is 0.700. The first-order valence-electron chi connectivity index (χ1n) is 5.50. The van der Waals surface area contributed by atoms with E-state index in [2.05, 4.69) is 28.8 Å². The molecular weight excluding hydrogens is 240 g/mol. The third-order valence-electron chi connectivity index (χ3n) is 2.41. The summed E-state index contributed by atoms with van der Waals surface area (Å²) < 4.78 is 1.54. The van der Waals surface area contributed by atoms with Crippen LogP contribution in [0.2, 0.25) is 0 Å². The molecule has 0 spiro atoms. The number of aromatic nitrogens is 3. The van der Waals surface area contributed by atoms with Gasteiger partial charge in [0, 0.05) is 11.8 Å². The molecule has 0 saturated heterocycles. The van der Waals surface area contributed by atoms with Crippen LogP contribution in [0.1, 0.15) is 23.8 Å². The molecule has 0 amide bonds. The number of rotatable bonds is 8. The first-order chi connectivity index (χ1) is 8.13. The van der Waals surface area contributed by atoms with Crippen LogP contribution < -0.4 is 5.32 Å². The Bertz CT molecular complexity index is 356. The lowest BCUT2D eigenvalue weighted by molar-refractivity contribution is 0.0690. The molecule has 2 N–H and O–H groups in total. The van der Waals surface area contributed by atoms with Gasteiger partial charge in [0.1, 0.15) is 0 Å². The molecule has 1 unspecified atom stereocenters. The molecule has 6 nitrogen and oxygen atoms in total. The zero-order chi connectivity index (χ0) is 12.7. The van der Waals surface area contributed by atoms with Gasteiger partial charge < -0.3 is 10.4 Å². The molecule has 0 aliphatic heterocycles. The molecule has 0 aliphatic rings. The molecule has 0 radical (unpaired) electrons. The molecule has 1 heterocycles. The molecule has 1 aromatic rings. The molecule has 17 heavy (non-hydrogen) atoms. The van der Waals surface area contributed by atoms with E-state index < -0.39 is 5.97 Å². The highest BCUT2D eigenvalue weighted by molar-refractivity contribution is 7.99. The van der Waals surface area contributed by atoms with E-state index in [1.807, 2.05) is 11.8 Å². The van der Waals surface area contributed by atoms with Crippen molar-refractivity contribution in [3.8, 4) is 0 Å². The normalized spacial score (nSPS) is 12.6. The number of carbonyl (C=O) groups is 1. The van der Waals surface area contributed by atoms with Gasteiger partial charge in [-0.3, -0.25) is 4.68 Å². The number of hydrogen-bond acceptors (Lipinski definition) is 5. The number of nitrogens with one attached hydrogen (secondary N) is 1. The zero-order valence-corrected chi connectivity index (χ0v) is 10.9. The minimum absolute atomic E-state index is 0.0130. The minimum atomic E-state index is -1.04. The summed E-state index contributed by atoms with van der Waals surface area (Å²) in [6.45, 7) is 4.56. The molecule has 0 fully saturated rings. The lowest BCUT2D eigenvalue weighted by Gasteiger charge is -2.08. The van der Waals surface area contributed by atoms with Crippen molar-refractivity contribution in [2.75, 3.05) is 19.3 Å². The molecule has 0 bridgehead atoms. The molecular formula is C10H18N4O2S. The molecule has 1 rings (SSSR count). The predicted octanol–water partition coefficient (Wildman–Crippen LogP) is 0.708. The van der Waals surface area contributed by atoms with Gasteiger partial charge in [0.25, 0.3) is 0 Å². The van der Waals surface area contributed by atoms with Gasteiger partial charge in [-0.05, 0) is 19.2 Å².